The molecule has 2 amide bonds. The molecule has 0 spiro atoms. The molecule has 7 heteroatoms. The first kappa shape index (κ1) is 19.3. The lowest BCUT2D eigenvalue weighted by molar-refractivity contribution is -0.118. The van der Waals surface area contributed by atoms with Crippen LogP contribution in [0.3, 0.4) is 0 Å². The van der Waals surface area contributed by atoms with Gasteiger partial charge in [0.25, 0.3) is 11.8 Å². The molecule has 3 aromatic rings. The fourth-order valence-electron chi connectivity index (χ4n) is 2.98. The number of benzene rings is 3. The third-order valence-corrected chi connectivity index (χ3v) is 4.37. The summed E-state index contributed by atoms with van der Waals surface area (Å²) in [5.74, 6) is 1.83. The highest BCUT2D eigenvalue weighted by atomic mass is 16.5. The van der Waals surface area contributed by atoms with Gasteiger partial charge in [0.15, 0.2) is 12.4 Å². The van der Waals surface area contributed by atoms with E-state index in [1.165, 1.54) is 0 Å². The Labute approximate surface area is 173 Å². The molecule has 0 bridgehead atoms. The van der Waals surface area contributed by atoms with E-state index in [1.807, 2.05) is 31.2 Å². The maximum Gasteiger partial charge on any atom is 0.262 e. The number of hydrogen-bond acceptors (Lipinski definition) is 5. The molecule has 2 N–H and O–H groups in total. The smallest absolute Gasteiger partial charge is 0.262 e. The molecule has 30 heavy (non-hydrogen) atoms. The summed E-state index contributed by atoms with van der Waals surface area (Å²) >= 11 is 0. The maximum absolute atomic E-state index is 12.8. The largest absolute Gasteiger partial charge is 0.494 e. The quantitative estimate of drug-likeness (QED) is 0.634. The normalized spacial score (nSPS) is 12.2. The van der Waals surface area contributed by atoms with E-state index in [0.29, 0.717) is 40.8 Å². The first-order valence-corrected chi connectivity index (χ1v) is 9.50. The van der Waals surface area contributed by atoms with Crippen molar-refractivity contribution in [2.75, 3.05) is 23.8 Å². The van der Waals surface area contributed by atoms with Crippen LogP contribution >= 0.6 is 0 Å². The molecule has 0 saturated carbocycles. The van der Waals surface area contributed by atoms with Crippen molar-refractivity contribution in [1.82, 2.24) is 0 Å². The summed E-state index contributed by atoms with van der Waals surface area (Å²) in [5, 5.41) is 5.55. The highest BCUT2D eigenvalue weighted by Crippen LogP contribution is 2.32. The molecule has 0 unspecified atom stereocenters. The fourth-order valence-corrected chi connectivity index (χ4v) is 2.98. The van der Waals surface area contributed by atoms with E-state index >= 15 is 0 Å². The van der Waals surface area contributed by atoms with Gasteiger partial charge in [-0.25, -0.2) is 0 Å². The van der Waals surface area contributed by atoms with Crippen molar-refractivity contribution in [1.29, 1.82) is 0 Å². The second-order valence-electron chi connectivity index (χ2n) is 6.50. The summed E-state index contributed by atoms with van der Waals surface area (Å²) in [6, 6.07) is 19.3. The van der Waals surface area contributed by atoms with Crippen LogP contribution < -0.4 is 24.8 Å². The number of anilines is 2. The Balaban J connectivity index is 1.50. The van der Waals surface area contributed by atoms with Gasteiger partial charge >= 0.3 is 0 Å². The monoisotopic (exact) mass is 404 g/mol. The summed E-state index contributed by atoms with van der Waals surface area (Å²) in [5.41, 5.74) is 1.38. The van der Waals surface area contributed by atoms with E-state index in [-0.39, 0.29) is 18.4 Å². The Bertz CT molecular complexity index is 1080. The lowest BCUT2D eigenvalue weighted by Crippen LogP contribution is -2.25. The van der Waals surface area contributed by atoms with E-state index in [2.05, 4.69) is 10.6 Å². The number of carbonyl (C=O) groups is 2. The molecule has 0 atom stereocenters. The molecule has 0 fully saturated rings. The summed E-state index contributed by atoms with van der Waals surface area (Å²) in [6.07, 6.45) is 0. The van der Waals surface area contributed by atoms with E-state index in [0.717, 1.165) is 5.75 Å². The number of ether oxygens (including phenoxy) is 3. The maximum atomic E-state index is 12.8. The van der Waals surface area contributed by atoms with Crippen molar-refractivity contribution in [3.63, 3.8) is 0 Å². The number of nitrogens with one attached hydrogen (secondary N) is 2. The molecule has 1 aliphatic heterocycles. The van der Waals surface area contributed by atoms with Crippen molar-refractivity contribution >= 4 is 23.2 Å². The highest BCUT2D eigenvalue weighted by molar-refractivity contribution is 6.06. The van der Waals surface area contributed by atoms with E-state index in [4.69, 9.17) is 14.2 Å². The van der Waals surface area contributed by atoms with Gasteiger partial charge in [0.1, 0.15) is 17.2 Å². The fraction of sp³-hybridized carbons (Fsp3) is 0.130. The molecular formula is C23H20N2O5. The van der Waals surface area contributed by atoms with Gasteiger partial charge in [-0.05, 0) is 61.5 Å². The average Bonchev–Trinajstić information content (AvgIpc) is 2.76. The van der Waals surface area contributed by atoms with E-state index in [9.17, 15) is 9.59 Å². The Hall–Kier alpha value is -4.00. The highest BCUT2D eigenvalue weighted by Gasteiger charge is 2.18. The van der Waals surface area contributed by atoms with Crippen LogP contribution in [-0.2, 0) is 4.79 Å². The zero-order valence-electron chi connectivity index (χ0n) is 16.3. The summed E-state index contributed by atoms with van der Waals surface area (Å²) in [6.45, 7) is 2.48. The van der Waals surface area contributed by atoms with Gasteiger partial charge in [0.2, 0.25) is 0 Å². The number of para-hydroxylation sites is 2. The summed E-state index contributed by atoms with van der Waals surface area (Å²) in [4.78, 5) is 24.3. The van der Waals surface area contributed by atoms with Crippen LogP contribution in [-0.4, -0.2) is 25.0 Å². The van der Waals surface area contributed by atoms with Crippen LogP contribution in [0.5, 0.6) is 23.0 Å². The zero-order valence-corrected chi connectivity index (χ0v) is 16.3. The van der Waals surface area contributed by atoms with Gasteiger partial charge in [-0.2, -0.15) is 0 Å². The third kappa shape index (κ3) is 4.35. The van der Waals surface area contributed by atoms with Crippen molar-refractivity contribution < 1.29 is 23.8 Å². The van der Waals surface area contributed by atoms with Gasteiger partial charge in [-0.1, -0.05) is 12.1 Å². The predicted octanol–water partition coefficient (Wildman–Crippen LogP) is 4.46. The van der Waals surface area contributed by atoms with Crippen LogP contribution in [0.25, 0.3) is 0 Å². The Morgan fingerprint density at radius 3 is 2.63 bits per heavy atom. The van der Waals surface area contributed by atoms with Crippen LogP contribution in [0.1, 0.15) is 17.3 Å². The van der Waals surface area contributed by atoms with E-state index < -0.39 is 0 Å². The van der Waals surface area contributed by atoms with Crippen LogP contribution in [0, 0.1) is 0 Å². The van der Waals surface area contributed by atoms with Gasteiger partial charge in [-0.3, -0.25) is 9.59 Å². The molecule has 152 valence electrons. The molecule has 7 nitrogen and oxygen atoms in total. The van der Waals surface area contributed by atoms with Crippen LogP contribution in [0.15, 0.2) is 66.7 Å². The molecule has 0 aromatic heterocycles. The molecule has 1 aliphatic rings. The SMILES string of the molecule is CCOc1ccc(Oc2ccccc2NC(=O)c2ccc3c(c2)NC(=O)CO3)cc1. The first-order valence-electron chi connectivity index (χ1n) is 9.50. The van der Waals surface area contributed by atoms with Crippen molar-refractivity contribution in [2.45, 2.75) is 6.92 Å². The minimum absolute atomic E-state index is 0.0329. The van der Waals surface area contributed by atoms with Gasteiger partial charge in [-0.15, -0.1) is 0 Å². The van der Waals surface area contributed by atoms with Gasteiger partial charge < -0.3 is 24.8 Å². The van der Waals surface area contributed by atoms with Crippen LogP contribution in [0.2, 0.25) is 0 Å². The third-order valence-electron chi connectivity index (χ3n) is 4.37. The minimum atomic E-state index is -0.333. The second kappa shape index (κ2) is 8.57. The zero-order chi connectivity index (χ0) is 20.9. The lowest BCUT2D eigenvalue weighted by atomic mass is 10.1. The summed E-state index contributed by atoms with van der Waals surface area (Å²) in [7, 11) is 0. The minimum Gasteiger partial charge on any atom is -0.494 e. The number of carbonyl (C=O) groups excluding carboxylic acids is 2. The van der Waals surface area contributed by atoms with Gasteiger partial charge in [0, 0.05) is 5.56 Å². The Kier molecular flexibility index (Phi) is 5.52. The number of hydrogen-bond donors (Lipinski definition) is 2. The van der Waals surface area contributed by atoms with Gasteiger partial charge in [0.05, 0.1) is 18.0 Å². The molecule has 4 rings (SSSR count). The number of fused-ring (bicyclic) bond motifs is 1. The molecule has 3 aromatic carbocycles. The Morgan fingerprint density at radius 2 is 1.83 bits per heavy atom. The molecule has 0 aliphatic carbocycles. The topological polar surface area (TPSA) is 85.9 Å². The van der Waals surface area contributed by atoms with Crippen LogP contribution in [0.4, 0.5) is 11.4 Å². The molecule has 1 heterocycles. The number of amides is 2. The lowest BCUT2D eigenvalue weighted by Gasteiger charge is -2.18. The summed E-state index contributed by atoms with van der Waals surface area (Å²) < 4.78 is 16.7. The average molecular weight is 404 g/mol. The van der Waals surface area contributed by atoms with Crippen molar-refractivity contribution in [3.05, 3.63) is 72.3 Å². The van der Waals surface area contributed by atoms with E-state index in [1.54, 1.807) is 42.5 Å². The molecule has 0 radical (unpaired) electrons. The second-order valence-corrected chi connectivity index (χ2v) is 6.50. The number of rotatable bonds is 6. The Morgan fingerprint density at radius 1 is 1.07 bits per heavy atom. The van der Waals surface area contributed by atoms with Crippen molar-refractivity contribution in [3.8, 4) is 23.0 Å². The predicted molar refractivity (Wildman–Crippen MR) is 113 cm³/mol. The van der Waals surface area contributed by atoms with Crippen molar-refractivity contribution in [2.24, 2.45) is 0 Å². The molecule has 0 saturated heterocycles. The molecular weight excluding hydrogens is 384 g/mol. The standard InChI is InChI=1S/C23H20N2O5/c1-2-28-16-8-10-17(11-9-16)30-21-6-4-3-5-18(21)25-23(27)15-7-12-20-19(13-15)24-22(26)14-29-20/h3-13H,2,14H2,1H3,(H,24,26)(H,25,27). The first-order chi connectivity index (χ1) is 14.6.